The molecule has 1 saturated heterocycles. The van der Waals surface area contributed by atoms with Crippen molar-refractivity contribution < 1.29 is 13.6 Å². The number of anilines is 3. The van der Waals surface area contributed by atoms with Crippen molar-refractivity contribution >= 4 is 45.9 Å². The number of hydrogen-bond acceptors (Lipinski definition) is 6. The van der Waals surface area contributed by atoms with E-state index in [4.69, 9.17) is 11.6 Å². The Bertz CT molecular complexity index is 1150. The number of nitrogens with one attached hydrogen (secondary N) is 1. The minimum absolute atomic E-state index is 0.0390. The molecule has 0 bridgehead atoms. The molecule has 2 aromatic heterocycles. The van der Waals surface area contributed by atoms with Crippen LogP contribution in [0.25, 0.3) is 11.0 Å². The first-order chi connectivity index (χ1) is 14.4. The van der Waals surface area contributed by atoms with Gasteiger partial charge in [-0.2, -0.15) is 0 Å². The van der Waals surface area contributed by atoms with Gasteiger partial charge in [0, 0.05) is 26.2 Å². The molecule has 7 nitrogen and oxygen atoms in total. The average molecular weight is 431 g/mol. The molecular formula is C20H17ClF2N6O. The maximum Gasteiger partial charge on any atom is 0.246 e. The number of fused-ring (bicyclic) bond motifs is 1. The molecule has 1 N–H and O–H groups in total. The molecule has 3 heterocycles. The predicted molar refractivity (Wildman–Crippen MR) is 111 cm³/mol. The zero-order valence-corrected chi connectivity index (χ0v) is 16.7. The van der Waals surface area contributed by atoms with Gasteiger partial charge in [-0.15, -0.1) is 0 Å². The normalized spacial score (nSPS) is 13.8. The number of benzene rings is 1. The number of aromatic nitrogens is 3. The largest absolute Gasteiger partial charge is 0.350 e. The highest BCUT2D eigenvalue weighted by atomic mass is 35.5. The number of halogens is 3. The van der Waals surface area contributed by atoms with Crippen molar-refractivity contribution in [2.75, 3.05) is 30.4 Å². The maximum absolute atomic E-state index is 14.7. The molecule has 1 amide bonds. The topological polar surface area (TPSA) is 74.2 Å². The second-order valence-corrected chi connectivity index (χ2v) is 7.23. The molecule has 4 rings (SSSR count). The van der Waals surface area contributed by atoms with E-state index in [1.807, 2.05) is 0 Å². The second-order valence-electron chi connectivity index (χ2n) is 6.82. The molecule has 0 unspecified atom stereocenters. The van der Waals surface area contributed by atoms with E-state index in [0.717, 1.165) is 0 Å². The summed E-state index contributed by atoms with van der Waals surface area (Å²) >= 11 is 5.83. The summed E-state index contributed by atoms with van der Waals surface area (Å²) < 4.78 is 28.9. The van der Waals surface area contributed by atoms with Crippen LogP contribution in [0.2, 0.25) is 5.02 Å². The Morgan fingerprint density at radius 2 is 2.13 bits per heavy atom. The van der Waals surface area contributed by atoms with Crippen molar-refractivity contribution in [2.24, 2.45) is 0 Å². The standard InChI is InChI=1S/C20H17ClF2N6O/c1-3-16(30)28(2)11-8-29(9-11)20-13(22)7-15-18(27-20)19(25-10-24-15)26-14-6-4-5-12(21)17(14)23/h3-7,10-11H,1,8-9H2,2H3,(H,24,25,26). The summed E-state index contributed by atoms with van der Waals surface area (Å²) in [5.41, 5.74) is 0.670. The molecule has 0 spiro atoms. The fraction of sp³-hybridized carbons (Fsp3) is 0.200. The van der Waals surface area contributed by atoms with Gasteiger partial charge in [0.15, 0.2) is 23.3 Å². The third-order valence-corrected chi connectivity index (χ3v) is 5.27. The number of nitrogens with zero attached hydrogens (tertiary/aromatic N) is 5. The Labute approximate surface area is 176 Å². The van der Waals surface area contributed by atoms with Crippen LogP contribution in [-0.2, 0) is 4.79 Å². The summed E-state index contributed by atoms with van der Waals surface area (Å²) in [5, 5.41) is 2.81. The quantitative estimate of drug-likeness (QED) is 0.624. The smallest absolute Gasteiger partial charge is 0.246 e. The lowest BCUT2D eigenvalue weighted by Crippen LogP contribution is -2.60. The molecule has 0 atom stereocenters. The van der Waals surface area contributed by atoms with Crippen LogP contribution in [0.3, 0.4) is 0 Å². The van der Waals surface area contributed by atoms with Gasteiger partial charge in [0.1, 0.15) is 11.8 Å². The Kier molecular flexibility index (Phi) is 5.21. The van der Waals surface area contributed by atoms with E-state index in [1.165, 1.54) is 30.6 Å². The Morgan fingerprint density at radius 1 is 1.37 bits per heavy atom. The molecule has 1 aromatic carbocycles. The zero-order valence-electron chi connectivity index (χ0n) is 15.9. The van der Waals surface area contributed by atoms with E-state index < -0.39 is 11.6 Å². The van der Waals surface area contributed by atoms with Crippen LogP contribution in [0, 0.1) is 11.6 Å². The number of carbonyl (C=O) groups excluding carboxylic acids is 1. The number of amides is 1. The third kappa shape index (κ3) is 3.52. The molecule has 154 valence electrons. The van der Waals surface area contributed by atoms with Gasteiger partial charge < -0.3 is 15.1 Å². The lowest BCUT2D eigenvalue weighted by atomic mass is 10.1. The molecule has 3 aromatic rings. The van der Waals surface area contributed by atoms with E-state index in [1.54, 1.807) is 22.9 Å². The van der Waals surface area contributed by atoms with E-state index in [0.29, 0.717) is 13.1 Å². The SMILES string of the molecule is C=CC(=O)N(C)C1CN(c2nc3c(Nc4cccc(Cl)c4F)ncnc3cc2F)C1. The summed E-state index contributed by atoms with van der Waals surface area (Å²) in [6, 6.07) is 5.71. The van der Waals surface area contributed by atoms with Crippen molar-refractivity contribution in [2.45, 2.75) is 6.04 Å². The minimum atomic E-state index is -0.631. The predicted octanol–water partition coefficient (Wildman–Crippen LogP) is 3.53. The van der Waals surface area contributed by atoms with Gasteiger partial charge in [-0.25, -0.2) is 23.7 Å². The zero-order chi connectivity index (χ0) is 21.4. The minimum Gasteiger partial charge on any atom is -0.350 e. The van der Waals surface area contributed by atoms with Gasteiger partial charge >= 0.3 is 0 Å². The van der Waals surface area contributed by atoms with Gasteiger partial charge in [-0.3, -0.25) is 4.79 Å². The molecule has 30 heavy (non-hydrogen) atoms. The molecule has 0 radical (unpaired) electrons. The van der Waals surface area contributed by atoms with Crippen LogP contribution in [0.4, 0.5) is 26.1 Å². The first kappa shape index (κ1) is 20.0. The van der Waals surface area contributed by atoms with Crippen molar-refractivity contribution in [1.82, 2.24) is 19.9 Å². The third-order valence-electron chi connectivity index (χ3n) is 4.98. The number of carbonyl (C=O) groups is 1. The van der Waals surface area contributed by atoms with Gasteiger partial charge in [0.25, 0.3) is 0 Å². The molecule has 10 heteroatoms. The lowest BCUT2D eigenvalue weighted by Gasteiger charge is -2.44. The molecular weight excluding hydrogens is 414 g/mol. The van der Waals surface area contributed by atoms with Gasteiger partial charge in [-0.1, -0.05) is 24.2 Å². The van der Waals surface area contributed by atoms with Crippen LogP contribution in [-0.4, -0.2) is 51.9 Å². The Hall–Kier alpha value is -3.33. The molecule has 1 fully saturated rings. The van der Waals surface area contributed by atoms with Crippen LogP contribution in [0.15, 0.2) is 43.2 Å². The number of rotatable bonds is 5. The van der Waals surface area contributed by atoms with Crippen LogP contribution in [0.5, 0.6) is 0 Å². The lowest BCUT2D eigenvalue weighted by molar-refractivity contribution is -0.127. The summed E-state index contributed by atoms with van der Waals surface area (Å²) in [6.07, 6.45) is 2.48. The van der Waals surface area contributed by atoms with E-state index in [2.05, 4.69) is 26.8 Å². The summed E-state index contributed by atoms with van der Waals surface area (Å²) in [4.78, 5) is 27.6. The van der Waals surface area contributed by atoms with E-state index in [9.17, 15) is 13.6 Å². The summed E-state index contributed by atoms with van der Waals surface area (Å²) in [7, 11) is 1.67. The molecule has 1 aliphatic rings. The summed E-state index contributed by atoms with van der Waals surface area (Å²) in [6.45, 7) is 4.31. The second kappa shape index (κ2) is 7.83. The summed E-state index contributed by atoms with van der Waals surface area (Å²) in [5.74, 6) is -1.04. The van der Waals surface area contributed by atoms with E-state index in [-0.39, 0.29) is 45.3 Å². The Balaban J connectivity index is 1.64. The highest BCUT2D eigenvalue weighted by Gasteiger charge is 2.34. The van der Waals surface area contributed by atoms with Gasteiger partial charge in [0.05, 0.1) is 22.3 Å². The van der Waals surface area contributed by atoms with Crippen LogP contribution in [0.1, 0.15) is 0 Å². The maximum atomic E-state index is 14.7. The van der Waals surface area contributed by atoms with Crippen LogP contribution >= 0.6 is 11.6 Å². The van der Waals surface area contributed by atoms with Gasteiger partial charge in [0.2, 0.25) is 5.91 Å². The fourth-order valence-electron chi connectivity index (χ4n) is 3.19. The van der Waals surface area contributed by atoms with Crippen molar-refractivity contribution in [3.63, 3.8) is 0 Å². The molecule has 0 aliphatic carbocycles. The first-order valence-electron chi connectivity index (χ1n) is 9.05. The van der Waals surface area contributed by atoms with Crippen LogP contribution < -0.4 is 10.2 Å². The number of pyridine rings is 1. The van der Waals surface area contributed by atoms with Crippen molar-refractivity contribution in [1.29, 1.82) is 0 Å². The monoisotopic (exact) mass is 430 g/mol. The number of likely N-dealkylation sites (N-methyl/N-ethyl adjacent to an activating group) is 1. The average Bonchev–Trinajstić information content (AvgIpc) is 2.70. The van der Waals surface area contributed by atoms with E-state index >= 15 is 0 Å². The fourth-order valence-corrected chi connectivity index (χ4v) is 3.36. The molecule has 0 saturated carbocycles. The first-order valence-corrected chi connectivity index (χ1v) is 9.43. The highest BCUT2D eigenvalue weighted by molar-refractivity contribution is 6.31. The van der Waals surface area contributed by atoms with Crippen molar-refractivity contribution in [3.8, 4) is 0 Å². The highest BCUT2D eigenvalue weighted by Crippen LogP contribution is 2.31. The van der Waals surface area contributed by atoms with Crippen molar-refractivity contribution in [3.05, 3.63) is 59.9 Å². The Morgan fingerprint density at radius 3 is 2.87 bits per heavy atom. The molecule has 1 aliphatic heterocycles. The van der Waals surface area contributed by atoms with Gasteiger partial charge in [-0.05, 0) is 18.2 Å². The number of hydrogen-bond donors (Lipinski definition) is 1.